The van der Waals surface area contributed by atoms with Crippen LogP contribution in [0.4, 0.5) is 17.2 Å². The molecule has 5 heteroatoms. The Bertz CT molecular complexity index is 866. The Hall–Kier alpha value is -3.21. The zero-order chi connectivity index (χ0) is 17.8. The average molecular weight is 332 g/mol. The first kappa shape index (κ1) is 16.6. The van der Waals surface area contributed by atoms with Crippen LogP contribution in [0.15, 0.2) is 54.6 Å². The summed E-state index contributed by atoms with van der Waals surface area (Å²) in [4.78, 5) is 12.2. The van der Waals surface area contributed by atoms with Gasteiger partial charge in [-0.25, -0.2) is 0 Å². The molecule has 2 N–H and O–H groups in total. The van der Waals surface area contributed by atoms with Crippen molar-refractivity contribution in [2.45, 2.75) is 20.8 Å². The first-order chi connectivity index (χ1) is 12.0. The van der Waals surface area contributed by atoms with E-state index in [4.69, 9.17) is 0 Å². The number of hydrogen-bond acceptors (Lipinski definition) is 4. The number of amides is 1. The van der Waals surface area contributed by atoms with Gasteiger partial charge in [-0.15, -0.1) is 10.2 Å². The number of carbonyl (C=O) groups excluding carboxylic acids is 1. The number of anilines is 3. The van der Waals surface area contributed by atoms with Crippen LogP contribution in [0, 0.1) is 20.8 Å². The number of benzene rings is 2. The molecule has 126 valence electrons. The maximum absolute atomic E-state index is 12.2. The van der Waals surface area contributed by atoms with Crippen molar-refractivity contribution in [3.63, 3.8) is 0 Å². The average Bonchev–Trinajstić information content (AvgIpc) is 2.59. The van der Waals surface area contributed by atoms with E-state index in [0.29, 0.717) is 5.82 Å². The van der Waals surface area contributed by atoms with E-state index < -0.39 is 0 Å². The second-order valence-electron chi connectivity index (χ2n) is 6.02. The molecule has 0 atom stereocenters. The van der Waals surface area contributed by atoms with Gasteiger partial charge in [0.25, 0.3) is 5.91 Å². The van der Waals surface area contributed by atoms with Crippen LogP contribution in [-0.2, 0) is 0 Å². The summed E-state index contributed by atoms with van der Waals surface area (Å²) in [5.41, 5.74) is 5.52. The maximum atomic E-state index is 12.2. The van der Waals surface area contributed by atoms with Crippen molar-refractivity contribution in [1.29, 1.82) is 0 Å². The number of aryl methyl sites for hydroxylation is 3. The summed E-state index contributed by atoms with van der Waals surface area (Å²) in [6.07, 6.45) is 0. The maximum Gasteiger partial charge on any atom is 0.276 e. The predicted molar refractivity (Wildman–Crippen MR) is 100 cm³/mol. The molecule has 1 amide bonds. The van der Waals surface area contributed by atoms with Gasteiger partial charge in [0.2, 0.25) is 0 Å². The van der Waals surface area contributed by atoms with Gasteiger partial charge in [0, 0.05) is 11.4 Å². The summed E-state index contributed by atoms with van der Waals surface area (Å²) < 4.78 is 0. The van der Waals surface area contributed by atoms with Crippen LogP contribution >= 0.6 is 0 Å². The molecule has 0 aliphatic heterocycles. The Morgan fingerprint density at radius 1 is 0.880 bits per heavy atom. The van der Waals surface area contributed by atoms with Crippen LogP contribution in [0.3, 0.4) is 0 Å². The zero-order valence-electron chi connectivity index (χ0n) is 14.5. The highest BCUT2D eigenvalue weighted by atomic mass is 16.1. The first-order valence-electron chi connectivity index (χ1n) is 8.08. The summed E-state index contributed by atoms with van der Waals surface area (Å²) in [5, 5.41) is 14.2. The van der Waals surface area contributed by atoms with Gasteiger partial charge in [0.1, 0.15) is 0 Å². The number of nitrogens with one attached hydrogen (secondary N) is 2. The molecule has 0 saturated heterocycles. The van der Waals surface area contributed by atoms with Crippen LogP contribution in [0.25, 0.3) is 0 Å². The lowest BCUT2D eigenvalue weighted by molar-refractivity contribution is 0.102. The highest BCUT2D eigenvalue weighted by Gasteiger charge is 2.10. The van der Waals surface area contributed by atoms with Gasteiger partial charge in [-0.3, -0.25) is 4.79 Å². The van der Waals surface area contributed by atoms with Crippen molar-refractivity contribution in [1.82, 2.24) is 10.2 Å². The molecule has 0 spiro atoms. The Morgan fingerprint density at radius 2 is 1.56 bits per heavy atom. The molecular weight excluding hydrogens is 312 g/mol. The highest BCUT2D eigenvalue weighted by Crippen LogP contribution is 2.24. The third-order valence-electron chi connectivity index (χ3n) is 3.86. The predicted octanol–water partition coefficient (Wildman–Crippen LogP) is 4.40. The summed E-state index contributed by atoms with van der Waals surface area (Å²) in [7, 11) is 0. The van der Waals surface area contributed by atoms with Crippen LogP contribution in [0.1, 0.15) is 27.2 Å². The minimum Gasteiger partial charge on any atom is -0.338 e. The van der Waals surface area contributed by atoms with Gasteiger partial charge >= 0.3 is 0 Å². The van der Waals surface area contributed by atoms with Crippen molar-refractivity contribution >= 4 is 23.1 Å². The van der Waals surface area contributed by atoms with E-state index in [1.54, 1.807) is 12.1 Å². The van der Waals surface area contributed by atoms with Gasteiger partial charge in [-0.1, -0.05) is 35.9 Å². The topological polar surface area (TPSA) is 66.9 Å². The van der Waals surface area contributed by atoms with Gasteiger partial charge in [-0.2, -0.15) is 0 Å². The molecule has 5 nitrogen and oxygen atoms in total. The number of aromatic nitrogens is 2. The second-order valence-corrected chi connectivity index (χ2v) is 6.02. The zero-order valence-corrected chi connectivity index (χ0v) is 14.5. The van der Waals surface area contributed by atoms with E-state index in [-0.39, 0.29) is 11.6 Å². The van der Waals surface area contributed by atoms with Gasteiger partial charge in [0.15, 0.2) is 11.5 Å². The molecule has 0 aliphatic rings. The van der Waals surface area contributed by atoms with Gasteiger partial charge in [-0.05, 0) is 56.2 Å². The monoisotopic (exact) mass is 332 g/mol. The highest BCUT2D eigenvalue weighted by molar-refractivity contribution is 6.02. The second kappa shape index (κ2) is 7.13. The summed E-state index contributed by atoms with van der Waals surface area (Å²) >= 11 is 0. The van der Waals surface area contributed by atoms with E-state index in [1.165, 1.54) is 5.56 Å². The lowest BCUT2D eigenvalue weighted by Gasteiger charge is -2.13. The Morgan fingerprint density at radius 3 is 2.16 bits per heavy atom. The summed E-state index contributed by atoms with van der Waals surface area (Å²) in [6.45, 7) is 6.18. The summed E-state index contributed by atoms with van der Waals surface area (Å²) in [6, 6.07) is 16.9. The van der Waals surface area contributed by atoms with Crippen LogP contribution in [-0.4, -0.2) is 16.1 Å². The van der Waals surface area contributed by atoms with Crippen LogP contribution in [0.2, 0.25) is 0 Å². The lowest BCUT2D eigenvalue weighted by Crippen LogP contribution is -2.14. The fourth-order valence-electron chi connectivity index (χ4n) is 2.74. The number of para-hydroxylation sites is 1. The molecule has 0 saturated carbocycles. The lowest BCUT2D eigenvalue weighted by atomic mass is 10.1. The molecule has 0 unspecified atom stereocenters. The van der Waals surface area contributed by atoms with Crippen molar-refractivity contribution in [3.8, 4) is 0 Å². The SMILES string of the molecule is Cc1cc(C)c(Nc2ccc(C(=O)Nc3ccccc3)nn2)c(C)c1. The first-order valence-corrected chi connectivity index (χ1v) is 8.08. The number of hydrogen-bond donors (Lipinski definition) is 2. The normalized spacial score (nSPS) is 10.4. The van der Waals surface area contributed by atoms with E-state index in [1.807, 2.05) is 30.3 Å². The van der Waals surface area contributed by atoms with Crippen molar-refractivity contribution in [2.24, 2.45) is 0 Å². The van der Waals surface area contributed by atoms with Crippen molar-refractivity contribution in [3.05, 3.63) is 77.0 Å². The van der Waals surface area contributed by atoms with E-state index in [9.17, 15) is 4.79 Å². The largest absolute Gasteiger partial charge is 0.338 e. The molecule has 25 heavy (non-hydrogen) atoms. The Kier molecular flexibility index (Phi) is 4.75. The van der Waals surface area contributed by atoms with Crippen LogP contribution in [0.5, 0.6) is 0 Å². The fourth-order valence-corrected chi connectivity index (χ4v) is 2.74. The third kappa shape index (κ3) is 4.01. The molecule has 0 bridgehead atoms. The summed E-state index contributed by atoms with van der Waals surface area (Å²) in [5.74, 6) is 0.319. The van der Waals surface area contributed by atoms with Crippen molar-refractivity contribution < 1.29 is 4.79 Å². The molecule has 2 aromatic carbocycles. The minimum absolute atomic E-state index is 0.270. The number of carbonyl (C=O) groups is 1. The van der Waals surface area contributed by atoms with Crippen LogP contribution < -0.4 is 10.6 Å². The fraction of sp³-hybridized carbons (Fsp3) is 0.150. The quantitative estimate of drug-likeness (QED) is 0.743. The Labute approximate surface area is 147 Å². The standard InChI is InChI=1S/C20H20N4O/c1-13-11-14(2)19(15(3)12-13)22-18-10-9-17(23-24-18)20(25)21-16-7-5-4-6-8-16/h4-12H,1-3H3,(H,21,25)(H,22,24). The molecule has 1 heterocycles. The minimum atomic E-state index is -0.284. The number of nitrogens with zero attached hydrogens (tertiary/aromatic N) is 2. The molecule has 3 rings (SSSR count). The molecule has 0 fully saturated rings. The molecule has 0 radical (unpaired) electrons. The van der Waals surface area contributed by atoms with Crippen molar-refractivity contribution in [2.75, 3.05) is 10.6 Å². The molecule has 3 aromatic rings. The third-order valence-corrected chi connectivity index (χ3v) is 3.86. The number of rotatable bonds is 4. The molecule has 1 aromatic heterocycles. The van der Waals surface area contributed by atoms with E-state index >= 15 is 0 Å². The van der Waals surface area contributed by atoms with Gasteiger partial charge < -0.3 is 10.6 Å². The molecule has 0 aliphatic carbocycles. The van der Waals surface area contributed by atoms with Gasteiger partial charge in [0.05, 0.1) is 0 Å². The smallest absolute Gasteiger partial charge is 0.276 e. The molecular formula is C20H20N4O. The Balaban J connectivity index is 1.73. The van der Waals surface area contributed by atoms with E-state index in [2.05, 4.69) is 53.7 Å². The van der Waals surface area contributed by atoms with E-state index in [0.717, 1.165) is 22.5 Å².